The lowest BCUT2D eigenvalue weighted by molar-refractivity contribution is -0.133. The summed E-state index contributed by atoms with van der Waals surface area (Å²) in [7, 11) is 0. The highest BCUT2D eigenvalue weighted by atomic mass is 16.7. The molecule has 2 heterocycles. The van der Waals surface area contributed by atoms with Gasteiger partial charge in [0.1, 0.15) is 6.04 Å². The summed E-state index contributed by atoms with van der Waals surface area (Å²) in [6.07, 6.45) is 0.914. The molecule has 2 amide bonds. The molecular formula is C20H20N2O4. The van der Waals surface area contributed by atoms with Crippen LogP contribution in [-0.2, 0) is 16.1 Å². The van der Waals surface area contributed by atoms with Crippen LogP contribution in [0.25, 0.3) is 0 Å². The minimum Gasteiger partial charge on any atom is -0.454 e. The molecule has 1 unspecified atom stereocenters. The molecule has 0 spiro atoms. The number of hydrogen-bond acceptors (Lipinski definition) is 4. The number of hydrogen-bond donors (Lipinski definition) is 1. The first kappa shape index (κ1) is 16.4. The van der Waals surface area contributed by atoms with Crippen molar-refractivity contribution < 1.29 is 19.1 Å². The van der Waals surface area contributed by atoms with E-state index in [1.165, 1.54) is 0 Å². The second kappa shape index (κ2) is 6.71. The molecule has 2 aromatic carbocycles. The molecule has 1 atom stereocenters. The van der Waals surface area contributed by atoms with Crippen molar-refractivity contribution in [1.29, 1.82) is 0 Å². The fourth-order valence-electron chi connectivity index (χ4n) is 3.37. The highest BCUT2D eigenvalue weighted by molar-refractivity contribution is 5.99. The van der Waals surface area contributed by atoms with Gasteiger partial charge in [0, 0.05) is 18.7 Å². The molecule has 1 N–H and O–H groups in total. The molecule has 2 aliphatic heterocycles. The lowest BCUT2D eigenvalue weighted by atomic mass is 10.1. The summed E-state index contributed by atoms with van der Waals surface area (Å²) in [5, 5.41) is 2.95. The van der Waals surface area contributed by atoms with Gasteiger partial charge in [-0.3, -0.25) is 9.59 Å². The predicted octanol–water partition coefficient (Wildman–Crippen LogP) is 2.85. The van der Waals surface area contributed by atoms with E-state index in [4.69, 9.17) is 9.47 Å². The monoisotopic (exact) mass is 352 g/mol. The van der Waals surface area contributed by atoms with E-state index in [1.807, 2.05) is 49.4 Å². The number of amides is 2. The first-order valence-electron chi connectivity index (χ1n) is 8.66. The molecule has 1 fully saturated rings. The molecule has 2 aliphatic rings. The number of aryl methyl sites for hydroxylation is 1. The Morgan fingerprint density at radius 2 is 2.00 bits per heavy atom. The van der Waals surface area contributed by atoms with Crippen LogP contribution in [0.4, 0.5) is 5.69 Å². The van der Waals surface area contributed by atoms with Gasteiger partial charge in [-0.05, 0) is 42.7 Å². The number of carbonyl (C=O) groups is 2. The molecule has 0 saturated carbocycles. The van der Waals surface area contributed by atoms with Gasteiger partial charge in [-0.25, -0.2) is 0 Å². The highest BCUT2D eigenvalue weighted by Gasteiger charge is 2.36. The molecule has 2 aromatic rings. The topological polar surface area (TPSA) is 67.9 Å². The molecule has 1 saturated heterocycles. The Balaban J connectivity index is 1.50. The SMILES string of the molecule is Cc1ccccc1NC(=O)C1CCC(=O)N1Cc1ccc2c(c1)OCO2. The second-order valence-electron chi connectivity index (χ2n) is 6.57. The molecule has 134 valence electrons. The van der Waals surface area contributed by atoms with Crippen molar-refractivity contribution >= 4 is 17.5 Å². The van der Waals surface area contributed by atoms with E-state index in [9.17, 15) is 9.59 Å². The zero-order valence-electron chi connectivity index (χ0n) is 14.5. The lowest BCUT2D eigenvalue weighted by Gasteiger charge is -2.24. The normalized spacial score (nSPS) is 18.3. The quantitative estimate of drug-likeness (QED) is 0.919. The van der Waals surface area contributed by atoms with Crippen LogP contribution < -0.4 is 14.8 Å². The van der Waals surface area contributed by atoms with Gasteiger partial charge in [-0.2, -0.15) is 0 Å². The molecule has 26 heavy (non-hydrogen) atoms. The molecule has 0 radical (unpaired) electrons. The number of likely N-dealkylation sites (tertiary alicyclic amines) is 1. The van der Waals surface area contributed by atoms with Crippen LogP contribution in [0.3, 0.4) is 0 Å². The number of ether oxygens (including phenoxy) is 2. The molecule has 0 bridgehead atoms. The van der Waals surface area contributed by atoms with Crippen LogP contribution in [0.15, 0.2) is 42.5 Å². The van der Waals surface area contributed by atoms with Gasteiger partial charge < -0.3 is 19.7 Å². The van der Waals surface area contributed by atoms with Crippen LogP contribution in [0.5, 0.6) is 11.5 Å². The number of nitrogens with zero attached hydrogens (tertiary/aromatic N) is 1. The third kappa shape index (κ3) is 3.10. The van der Waals surface area contributed by atoms with E-state index in [1.54, 1.807) is 4.90 Å². The minimum absolute atomic E-state index is 0.00685. The molecule has 6 heteroatoms. The van der Waals surface area contributed by atoms with Crippen molar-refractivity contribution in [3.8, 4) is 11.5 Å². The van der Waals surface area contributed by atoms with Gasteiger partial charge in [-0.1, -0.05) is 24.3 Å². The summed E-state index contributed by atoms with van der Waals surface area (Å²) in [6, 6.07) is 12.8. The average molecular weight is 352 g/mol. The van der Waals surface area contributed by atoms with Crippen LogP contribution >= 0.6 is 0 Å². The average Bonchev–Trinajstić information content (AvgIpc) is 3.24. The summed E-state index contributed by atoms with van der Waals surface area (Å²) in [5.41, 5.74) is 2.69. The number of fused-ring (bicyclic) bond motifs is 1. The van der Waals surface area contributed by atoms with Crippen LogP contribution in [0.1, 0.15) is 24.0 Å². The van der Waals surface area contributed by atoms with Crippen molar-refractivity contribution in [2.45, 2.75) is 32.4 Å². The smallest absolute Gasteiger partial charge is 0.247 e. The fraction of sp³-hybridized carbons (Fsp3) is 0.300. The molecule has 6 nitrogen and oxygen atoms in total. The zero-order valence-corrected chi connectivity index (χ0v) is 14.5. The fourth-order valence-corrected chi connectivity index (χ4v) is 3.37. The summed E-state index contributed by atoms with van der Waals surface area (Å²) < 4.78 is 10.7. The third-order valence-corrected chi connectivity index (χ3v) is 4.82. The van der Waals surface area contributed by atoms with Gasteiger partial charge in [0.05, 0.1) is 0 Å². The van der Waals surface area contributed by atoms with Crippen LogP contribution in [0, 0.1) is 6.92 Å². The Bertz CT molecular complexity index is 865. The highest BCUT2D eigenvalue weighted by Crippen LogP contribution is 2.33. The summed E-state index contributed by atoms with van der Waals surface area (Å²) in [4.78, 5) is 26.7. The van der Waals surface area contributed by atoms with Gasteiger partial charge >= 0.3 is 0 Å². The number of benzene rings is 2. The van der Waals surface area contributed by atoms with Crippen molar-refractivity contribution in [2.75, 3.05) is 12.1 Å². The van der Waals surface area contributed by atoms with Gasteiger partial charge in [0.2, 0.25) is 18.6 Å². The summed E-state index contributed by atoms with van der Waals surface area (Å²) in [6.45, 7) is 2.53. The number of carbonyl (C=O) groups excluding carboxylic acids is 2. The van der Waals surface area contributed by atoms with E-state index in [0.717, 1.165) is 16.8 Å². The maximum Gasteiger partial charge on any atom is 0.247 e. The number of anilines is 1. The van der Waals surface area contributed by atoms with E-state index >= 15 is 0 Å². The Kier molecular flexibility index (Phi) is 4.24. The molecular weight excluding hydrogens is 332 g/mol. The number of rotatable bonds is 4. The van der Waals surface area contributed by atoms with Gasteiger partial charge in [0.15, 0.2) is 11.5 Å². The van der Waals surface area contributed by atoms with E-state index < -0.39 is 6.04 Å². The summed E-state index contributed by atoms with van der Waals surface area (Å²) >= 11 is 0. The largest absolute Gasteiger partial charge is 0.454 e. The standard InChI is InChI=1S/C20H20N2O4/c1-13-4-2-3-5-15(13)21-20(24)16-7-9-19(23)22(16)11-14-6-8-17-18(10-14)26-12-25-17/h2-6,8,10,16H,7,9,11-12H2,1H3,(H,21,24). The maximum absolute atomic E-state index is 12.8. The zero-order chi connectivity index (χ0) is 18.1. The first-order valence-corrected chi connectivity index (χ1v) is 8.66. The maximum atomic E-state index is 12.8. The molecule has 0 aromatic heterocycles. The predicted molar refractivity (Wildman–Crippen MR) is 95.9 cm³/mol. The van der Waals surface area contributed by atoms with E-state index in [2.05, 4.69) is 5.32 Å². The van der Waals surface area contributed by atoms with Gasteiger partial charge in [-0.15, -0.1) is 0 Å². The van der Waals surface area contributed by atoms with Crippen LogP contribution in [0.2, 0.25) is 0 Å². The van der Waals surface area contributed by atoms with Crippen molar-refractivity contribution in [1.82, 2.24) is 4.90 Å². The third-order valence-electron chi connectivity index (χ3n) is 4.82. The Morgan fingerprint density at radius 1 is 1.19 bits per heavy atom. The lowest BCUT2D eigenvalue weighted by Crippen LogP contribution is -2.41. The first-order chi connectivity index (χ1) is 12.6. The summed E-state index contributed by atoms with van der Waals surface area (Å²) in [5.74, 6) is 1.23. The van der Waals surface area contributed by atoms with Crippen molar-refractivity contribution in [3.05, 3.63) is 53.6 Å². The number of nitrogens with one attached hydrogen (secondary N) is 1. The van der Waals surface area contributed by atoms with Gasteiger partial charge in [0.25, 0.3) is 0 Å². The molecule has 0 aliphatic carbocycles. The van der Waals surface area contributed by atoms with Crippen molar-refractivity contribution in [2.24, 2.45) is 0 Å². The minimum atomic E-state index is -0.465. The van der Waals surface area contributed by atoms with Crippen molar-refractivity contribution in [3.63, 3.8) is 0 Å². The Hall–Kier alpha value is -3.02. The molecule has 4 rings (SSSR count). The van der Waals surface area contributed by atoms with E-state index in [-0.39, 0.29) is 18.6 Å². The van der Waals surface area contributed by atoms with Crippen LogP contribution in [-0.4, -0.2) is 29.5 Å². The number of para-hydroxylation sites is 1. The Labute approximate surface area is 151 Å². The van der Waals surface area contributed by atoms with E-state index in [0.29, 0.717) is 30.9 Å². The second-order valence-corrected chi connectivity index (χ2v) is 6.57. The Morgan fingerprint density at radius 3 is 2.85 bits per heavy atom.